The fraction of sp³-hybridized carbons (Fsp3) is 0.105. The number of thiazole rings is 1. The number of anilines is 1. The second-order valence-electron chi connectivity index (χ2n) is 5.87. The molecule has 0 radical (unpaired) electrons. The summed E-state index contributed by atoms with van der Waals surface area (Å²) in [7, 11) is 0. The number of amides is 1. The van der Waals surface area contributed by atoms with Crippen molar-refractivity contribution < 1.29 is 4.79 Å². The van der Waals surface area contributed by atoms with Gasteiger partial charge in [0.25, 0.3) is 0 Å². The van der Waals surface area contributed by atoms with Gasteiger partial charge in [-0.1, -0.05) is 41.7 Å². The Morgan fingerprint density at radius 1 is 1.12 bits per heavy atom. The van der Waals surface area contributed by atoms with E-state index in [1.807, 2.05) is 66.1 Å². The molecule has 4 rings (SSSR count). The molecule has 1 amide bonds. The van der Waals surface area contributed by atoms with Crippen molar-refractivity contribution in [2.24, 2.45) is 0 Å². The minimum Gasteiger partial charge on any atom is -0.294 e. The standard InChI is InChI=1S/C19H16N4O2S/c1-13-12-26-19(25)22(13)11-17(24)21-18-20-15-9-5-6-10-16(15)23(18)14-7-3-2-4-8-14/h2-10,12H,11H2,1H3,(H,20,21,24). The monoisotopic (exact) mass is 364 g/mol. The zero-order chi connectivity index (χ0) is 18.1. The van der Waals surface area contributed by atoms with Gasteiger partial charge in [-0.25, -0.2) is 4.98 Å². The number of hydrogen-bond acceptors (Lipinski definition) is 4. The molecule has 0 spiro atoms. The zero-order valence-electron chi connectivity index (χ0n) is 14.0. The molecule has 1 N–H and O–H groups in total. The summed E-state index contributed by atoms with van der Waals surface area (Å²) in [5, 5.41) is 4.59. The van der Waals surface area contributed by atoms with Crippen LogP contribution in [0.15, 0.2) is 64.8 Å². The number of para-hydroxylation sites is 3. The Bertz CT molecular complexity index is 1140. The van der Waals surface area contributed by atoms with Gasteiger partial charge < -0.3 is 0 Å². The largest absolute Gasteiger partial charge is 0.307 e. The minimum absolute atomic E-state index is 0.0356. The quantitative estimate of drug-likeness (QED) is 0.605. The Balaban J connectivity index is 1.72. The Morgan fingerprint density at radius 2 is 1.85 bits per heavy atom. The lowest BCUT2D eigenvalue weighted by Crippen LogP contribution is -2.26. The van der Waals surface area contributed by atoms with Gasteiger partial charge in [-0.2, -0.15) is 0 Å². The number of nitrogens with one attached hydrogen (secondary N) is 1. The van der Waals surface area contributed by atoms with E-state index >= 15 is 0 Å². The molecule has 0 aliphatic rings. The average Bonchev–Trinajstić information content (AvgIpc) is 3.16. The molecule has 0 bridgehead atoms. The smallest absolute Gasteiger partial charge is 0.294 e. The average molecular weight is 364 g/mol. The van der Waals surface area contributed by atoms with E-state index in [1.54, 1.807) is 5.38 Å². The van der Waals surface area contributed by atoms with Gasteiger partial charge in [0.2, 0.25) is 11.9 Å². The number of aromatic nitrogens is 3. The maximum Gasteiger partial charge on any atom is 0.307 e. The first-order chi connectivity index (χ1) is 12.6. The molecule has 130 valence electrons. The molecule has 6 nitrogen and oxygen atoms in total. The predicted octanol–water partition coefficient (Wildman–Crippen LogP) is 3.20. The Morgan fingerprint density at radius 3 is 2.58 bits per heavy atom. The number of fused-ring (bicyclic) bond motifs is 1. The van der Waals surface area contributed by atoms with Crippen LogP contribution in [-0.4, -0.2) is 20.0 Å². The summed E-state index contributed by atoms with van der Waals surface area (Å²) in [6.45, 7) is 1.77. The van der Waals surface area contributed by atoms with E-state index in [2.05, 4.69) is 10.3 Å². The van der Waals surface area contributed by atoms with Crippen LogP contribution < -0.4 is 10.2 Å². The SMILES string of the molecule is Cc1csc(=O)n1CC(=O)Nc1nc2ccccc2n1-c1ccccc1. The summed E-state index contributed by atoms with van der Waals surface area (Å²) in [4.78, 5) is 28.8. The van der Waals surface area contributed by atoms with Gasteiger partial charge in [0, 0.05) is 16.8 Å². The van der Waals surface area contributed by atoms with Gasteiger partial charge in [0.05, 0.1) is 11.0 Å². The minimum atomic E-state index is -0.291. The van der Waals surface area contributed by atoms with Gasteiger partial charge in [0.1, 0.15) is 6.54 Å². The third-order valence-corrected chi connectivity index (χ3v) is 4.99. The Kier molecular flexibility index (Phi) is 4.14. The molecule has 2 aromatic carbocycles. The molecule has 2 heterocycles. The summed E-state index contributed by atoms with van der Waals surface area (Å²) in [5.41, 5.74) is 3.36. The van der Waals surface area contributed by atoms with Gasteiger partial charge in [0.15, 0.2) is 0 Å². The molecule has 0 saturated heterocycles. The molecule has 0 unspecified atom stereocenters. The fourth-order valence-corrected chi connectivity index (χ4v) is 3.59. The first-order valence-corrected chi connectivity index (χ1v) is 8.99. The molecule has 0 saturated carbocycles. The number of imidazole rings is 1. The van der Waals surface area contributed by atoms with Crippen LogP contribution in [0.25, 0.3) is 16.7 Å². The van der Waals surface area contributed by atoms with Crippen LogP contribution in [0.1, 0.15) is 5.69 Å². The lowest BCUT2D eigenvalue weighted by molar-refractivity contribution is -0.116. The number of hydrogen-bond donors (Lipinski definition) is 1. The van der Waals surface area contributed by atoms with Gasteiger partial charge >= 0.3 is 4.87 Å². The highest BCUT2D eigenvalue weighted by molar-refractivity contribution is 7.07. The van der Waals surface area contributed by atoms with Crippen molar-refractivity contribution in [1.29, 1.82) is 0 Å². The Hall–Kier alpha value is -3.19. The number of rotatable bonds is 4. The fourth-order valence-electron chi connectivity index (χ4n) is 2.85. The molecular weight excluding hydrogens is 348 g/mol. The van der Waals surface area contributed by atoms with E-state index in [-0.39, 0.29) is 17.3 Å². The first kappa shape index (κ1) is 16.3. The van der Waals surface area contributed by atoms with Crippen LogP contribution in [0.5, 0.6) is 0 Å². The van der Waals surface area contributed by atoms with Crippen molar-refractivity contribution in [2.45, 2.75) is 13.5 Å². The van der Waals surface area contributed by atoms with Crippen molar-refractivity contribution in [1.82, 2.24) is 14.1 Å². The second kappa shape index (κ2) is 6.61. The highest BCUT2D eigenvalue weighted by Gasteiger charge is 2.15. The molecule has 4 aromatic rings. The van der Waals surface area contributed by atoms with Crippen LogP contribution in [0, 0.1) is 6.92 Å². The van der Waals surface area contributed by atoms with E-state index in [9.17, 15) is 9.59 Å². The summed E-state index contributed by atoms with van der Waals surface area (Å²) < 4.78 is 3.35. The normalized spacial score (nSPS) is 11.0. The zero-order valence-corrected chi connectivity index (χ0v) is 14.9. The van der Waals surface area contributed by atoms with Crippen LogP contribution in [0.2, 0.25) is 0 Å². The maximum atomic E-state index is 12.5. The number of carbonyl (C=O) groups excluding carboxylic acids is 1. The lowest BCUT2D eigenvalue weighted by atomic mass is 10.3. The lowest BCUT2D eigenvalue weighted by Gasteiger charge is -2.10. The summed E-state index contributed by atoms with van der Waals surface area (Å²) >= 11 is 1.09. The number of benzene rings is 2. The van der Waals surface area contributed by atoms with Crippen molar-refractivity contribution >= 4 is 34.2 Å². The highest BCUT2D eigenvalue weighted by Crippen LogP contribution is 2.24. The Labute approximate surface area is 153 Å². The van der Waals surface area contributed by atoms with E-state index in [0.29, 0.717) is 5.95 Å². The molecule has 0 aliphatic carbocycles. The van der Waals surface area contributed by atoms with E-state index < -0.39 is 0 Å². The maximum absolute atomic E-state index is 12.5. The molecule has 2 aromatic heterocycles. The molecule has 0 atom stereocenters. The molecule has 26 heavy (non-hydrogen) atoms. The number of aryl methyl sites for hydroxylation is 1. The van der Waals surface area contributed by atoms with Gasteiger partial charge in [-0.15, -0.1) is 0 Å². The molecule has 0 aliphatic heterocycles. The summed E-state index contributed by atoms with van der Waals surface area (Å²) in [6.07, 6.45) is 0. The van der Waals surface area contributed by atoms with Gasteiger partial charge in [-0.3, -0.25) is 24.0 Å². The van der Waals surface area contributed by atoms with E-state index in [1.165, 1.54) is 4.57 Å². The molecule has 0 fully saturated rings. The van der Waals surface area contributed by atoms with E-state index in [4.69, 9.17) is 0 Å². The second-order valence-corrected chi connectivity index (χ2v) is 6.69. The third kappa shape index (κ3) is 2.93. The summed E-state index contributed by atoms with van der Waals surface area (Å²) in [5.74, 6) is 0.143. The topological polar surface area (TPSA) is 68.9 Å². The number of carbonyl (C=O) groups is 1. The highest BCUT2D eigenvalue weighted by atomic mass is 32.1. The molecular formula is C19H16N4O2S. The van der Waals surface area contributed by atoms with Crippen molar-refractivity contribution in [3.05, 3.63) is 75.3 Å². The number of nitrogens with zero attached hydrogens (tertiary/aromatic N) is 3. The van der Waals surface area contributed by atoms with Crippen molar-refractivity contribution in [2.75, 3.05) is 5.32 Å². The predicted molar refractivity (Wildman–Crippen MR) is 103 cm³/mol. The van der Waals surface area contributed by atoms with Gasteiger partial charge in [-0.05, 0) is 31.2 Å². The van der Waals surface area contributed by atoms with Crippen LogP contribution in [-0.2, 0) is 11.3 Å². The third-order valence-electron chi connectivity index (χ3n) is 4.10. The summed E-state index contributed by atoms with van der Waals surface area (Å²) in [6, 6.07) is 17.4. The first-order valence-electron chi connectivity index (χ1n) is 8.11. The van der Waals surface area contributed by atoms with Crippen LogP contribution >= 0.6 is 11.3 Å². The van der Waals surface area contributed by atoms with Crippen LogP contribution in [0.3, 0.4) is 0 Å². The van der Waals surface area contributed by atoms with Crippen molar-refractivity contribution in [3.8, 4) is 5.69 Å². The van der Waals surface area contributed by atoms with Crippen LogP contribution in [0.4, 0.5) is 5.95 Å². The van der Waals surface area contributed by atoms with E-state index in [0.717, 1.165) is 33.8 Å². The van der Waals surface area contributed by atoms with Crippen molar-refractivity contribution in [3.63, 3.8) is 0 Å². The molecule has 7 heteroatoms.